The van der Waals surface area contributed by atoms with Gasteiger partial charge in [-0.1, -0.05) is 6.92 Å². The Morgan fingerprint density at radius 1 is 1.71 bits per heavy atom. The van der Waals surface area contributed by atoms with Crippen LogP contribution >= 0.6 is 11.3 Å². The van der Waals surface area contributed by atoms with Crippen molar-refractivity contribution < 1.29 is 15.0 Å². The molecule has 1 aromatic rings. The third kappa shape index (κ3) is 2.36. The fraction of sp³-hybridized carbons (Fsp3) is 0.583. The fourth-order valence-electron chi connectivity index (χ4n) is 2.13. The van der Waals surface area contributed by atoms with E-state index in [1.165, 1.54) is 11.3 Å². The molecule has 4 nitrogen and oxygen atoms in total. The number of hydrogen-bond donors (Lipinski definition) is 2. The summed E-state index contributed by atoms with van der Waals surface area (Å²) < 4.78 is 0. The molecule has 0 aromatic carbocycles. The SMILES string of the molecule is CC[C@@]1(O)CCN(C(=O)c2ccsc2)C[C@H]1O. The molecule has 2 atom stereocenters. The van der Waals surface area contributed by atoms with Gasteiger partial charge >= 0.3 is 0 Å². The lowest BCUT2D eigenvalue weighted by Gasteiger charge is -2.41. The zero-order valence-electron chi connectivity index (χ0n) is 9.80. The molecule has 0 aliphatic carbocycles. The third-order valence-corrected chi connectivity index (χ3v) is 4.18. The first-order chi connectivity index (χ1) is 8.07. The minimum absolute atomic E-state index is 0.0662. The van der Waals surface area contributed by atoms with E-state index >= 15 is 0 Å². The molecule has 1 aromatic heterocycles. The Labute approximate surface area is 104 Å². The van der Waals surface area contributed by atoms with Crippen molar-refractivity contribution in [3.8, 4) is 0 Å². The first-order valence-electron chi connectivity index (χ1n) is 5.79. The molecule has 1 amide bonds. The van der Waals surface area contributed by atoms with E-state index in [4.69, 9.17) is 0 Å². The quantitative estimate of drug-likeness (QED) is 0.832. The van der Waals surface area contributed by atoms with Gasteiger partial charge in [-0.3, -0.25) is 4.79 Å². The zero-order chi connectivity index (χ0) is 12.5. The van der Waals surface area contributed by atoms with E-state index in [-0.39, 0.29) is 12.5 Å². The monoisotopic (exact) mass is 255 g/mol. The minimum atomic E-state index is -1.04. The number of nitrogens with zero attached hydrogens (tertiary/aromatic N) is 1. The van der Waals surface area contributed by atoms with Crippen LogP contribution in [0.1, 0.15) is 30.1 Å². The van der Waals surface area contributed by atoms with E-state index in [9.17, 15) is 15.0 Å². The molecule has 1 aliphatic heterocycles. The molecule has 17 heavy (non-hydrogen) atoms. The van der Waals surface area contributed by atoms with E-state index in [1.807, 2.05) is 12.3 Å². The summed E-state index contributed by atoms with van der Waals surface area (Å²) in [6.45, 7) is 2.55. The highest BCUT2D eigenvalue weighted by Gasteiger charge is 2.40. The van der Waals surface area contributed by atoms with Crippen molar-refractivity contribution in [1.82, 2.24) is 4.90 Å². The van der Waals surface area contributed by atoms with Gasteiger partial charge in [0.05, 0.1) is 11.2 Å². The number of carbonyl (C=O) groups excluding carboxylic acids is 1. The first kappa shape index (κ1) is 12.5. The number of likely N-dealkylation sites (tertiary alicyclic amines) is 1. The Kier molecular flexibility index (Phi) is 3.51. The molecule has 1 fully saturated rings. The van der Waals surface area contributed by atoms with Gasteiger partial charge < -0.3 is 15.1 Å². The summed E-state index contributed by atoms with van der Waals surface area (Å²) in [6.07, 6.45) is 0.0821. The smallest absolute Gasteiger partial charge is 0.254 e. The molecule has 2 heterocycles. The number of thiophene rings is 1. The largest absolute Gasteiger partial charge is 0.388 e. The maximum atomic E-state index is 12.0. The molecule has 0 unspecified atom stereocenters. The summed E-state index contributed by atoms with van der Waals surface area (Å²) in [5, 5.41) is 23.7. The lowest BCUT2D eigenvalue weighted by atomic mass is 9.86. The van der Waals surface area contributed by atoms with Crippen molar-refractivity contribution >= 4 is 17.2 Å². The molecule has 0 spiro atoms. The van der Waals surface area contributed by atoms with E-state index in [2.05, 4.69) is 0 Å². The maximum Gasteiger partial charge on any atom is 0.254 e. The van der Waals surface area contributed by atoms with Crippen LogP contribution in [0.3, 0.4) is 0 Å². The first-order valence-corrected chi connectivity index (χ1v) is 6.73. The molecule has 0 bridgehead atoms. The predicted octanol–water partition coefficient (Wildman–Crippen LogP) is 1.10. The number of amides is 1. The molecule has 5 heteroatoms. The Morgan fingerprint density at radius 2 is 2.47 bits per heavy atom. The van der Waals surface area contributed by atoms with E-state index in [0.717, 1.165) is 0 Å². The summed E-state index contributed by atoms with van der Waals surface area (Å²) >= 11 is 1.48. The van der Waals surface area contributed by atoms with Gasteiger partial charge in [-0.2, -0.15) is 11.3 Å². The van der Waals surface area contributed by atoms with Crippen molar-refractivity contribution in [1.29, 1.82) is 0 Å². The van der Waals surface area contributed by atoms with Gasteiger partial charge in [0.2, 0.25) is 0 Å². The topological polar surface area (TPSA) is 60.8 Å². The summed E-state index contributed by atoms with van der Waals surface area (Å²) in [5.41, 5.74) is -0.380. The lowest BCUT2D eigenvalue weighted by Crippen LogP contribution is -2.56. The van der Waals surface area contributed by atoms with E-state index in [1.54, 1.807) is 16.3 Å². The van der Waals surface area contributed by atoms with Crippen LogP contribution < -0.4 is 0 Å². The Morgan fingerprint density at radius 3 is 3.00 bits per heavy atom. The van der Waals surface area contributed by atoms with E-state index < -0.39 is 11.7 Å². The van der Waals surface area contributed by atoms with Crippen LogP contribution in [0.4, 0.5) is 0 Å². The molecule has 0 saturated carbocycles. The van der Waals surface area contributed by atoms with Gasteiger partial charge in [0, 0.05) is 18.5 Å². The summed E-state index contributed by atoms with van der Waals surface area (Å²) in [6, 6.07) is 1.78. The van der Waals surface area contributed by atoms with Crippen LogP contribution in [0, 0.1) is 0 Å². The Balaban J connectivity index is 2.05. The van der Waals surface area contributed by atoms with Gasteiger partial charge in [0.25, 0.3) is 5.91 Å². The van der Waals surface area contributed by atoms with Crippen LogP contribution in [0.5, 0.6) is 0 Å². The highest BCUT2D eigenvalue weighted by Crippen LogP contribution is 2.26. The second kappa shape index (κ2) is 4.76. The van der Waals surface area contributed by atoms with Crippen molar-refractivity contribution in [2.24, 2.45) is 0 Å². The molecule has 2 N–H and O–H groups in total. The number of aliphatic hydroxyl groups is 2. The molecule has 2 rings (SSSR count). The standard InChI is InChI=1S/C12H17NO3S/c1-2-12(16)4-5-13(7-10(12)14)11(15)9-3-6-17-8-9/h3,6,8,10,14,16H,2,4-5,7H2,1H3/t10-,12-/m1/s1. The number of β-amino-alcohol motifs (C(OH)–C–C–N with tert-alkyl or cyclic N) is 1. The number of carbonyl (C=O) groups is 1. The maximum absolute atomic E-state index is 12.0. The van der Waals surface area contributed by atoms with Crippen LogP contribution in [-0.2, 0) is 0 Å². The minimum Gasteiger partial charge on any atom is -0.388 e. The van der Waals surface area contributed by atoms with Crippen molar-refractivity contribution in [3.63, 3.8) is 0 Å². The second-order valence-electron chi connectivity index (χ2n) is 4.49. The van der Waals surface area contributed by atoms with Gasteiger partial charge in [-0.25, -0.2) is 0 Å². The zero-order valence-corrected chi connectivity index (χ0v) is 10.6. The highest BCUT2D eigenvalue weighted by atomic mass is 32.1. The number of aliphatic hydroxyl groups excluding tert-OH is 1. The fourth-order valence-corrected chi connectivity index (χ4v) is 2.76. The molecular formula is C12H17NO3S. The van der Waals surface area contributed by atoms with Gasteiger partial charge in [0.1, 0.15) is 6.10 Å². The highest BCUT2D eigenvalue weighted by molar-refractivity contribution is 7.08. The average molecular weight is 255 g/mol. The van der Waals surface area contributed by atoms with Crippen LogP contribution in [0.15, 0.2) is 16.8 Å². The van der Waals surface area contributed by atoms with Crippen LogP contribution in [0.25, 0.3) is 0 Å². The number of hydrogen-bond acceptors (Lipinski definition) is 4. The van der Waals surface area contributed by atoms with E-state index in [0.29, 0.717) is 24.9 Å². The summed E-state index contributed by atoms with van der Waals surface area (Å²) in [7, 11) is 0. The van der Waals surface area contributed by atoms with Gasteiger partial charge in [-0.05, 0) is 24.3 Å². The number of rotatable bonds is 2. The van der Waals surface area contributed by atoms with Gasteiger partial charge in [-0.15, -0.1) is 0 Å². The van der Waals surface area contributed by atoms with Crippen LogP contribution in [-0.4, -0.2) is 45.8 Å². The molecule has 1 saturated heterocycles. The predicted molar refractivity (Wildman–Crippen MR) is 66.1 cm³/mol. The molecule has 0 radical (unpaired) electrons. The molecular weight excluding hydrogens is 238 g/mol. The van der Waals surface area contributed by atoms with Crippen LogP contribution in [0.2, 0.25) is 0 Å². The average Bonchev–Trinajstić information content (AvgIpc) is 2.85. The normalized spacial score (nSPS) is 29.4. The molecule has 1 aliphatic rings. The van der Waals surface area contributed by atoms with Gasteiger partial charge in [0.15, 0.2) is 0 Å². The Hall–Kier alpha value is -0.910. The number of piperidine rings is 1. The Bertz CT molecular complexity index is 392. The second-order valence-corrected chi connectivity index (χ2v) is 5.27. The lowest BCUT2D eigenvalue weighted by molar-refractivity contribution is -0.114. The molecule has 94 valence electrons. The van der Waals surface area contributed by atoms with Crippen molar-refractivity contribution in [2.75, 3.05) is 13.1 Å². The van der Waals surface area contributed by atoms with Crippen molar-refractivity contribution in [2.45, 2.75) is 31.5 Å². The summed E-state index contributed by atoms with van der Waals surface area (Å²) in [4.78, 5) is 13.7. The van der Waals surface area contributed by atoms with Crippen molar-refractivity contribution in [3.05, 3.63) is 22.4 Å². The summed E-state index contributed by atoms with van der Waals surface area (Å²) in [5.74, 6) is -0.0662. The third-order valence-electron chi connectivity index (χ3n) is 3.50.